The molecule has 0 fully saturated rings. The summed E-state index contributed by atoms with van der Waals surface area (Å²) >= 11 is 0.933. The zero-order valence-electron chi connectivity index (χ0n) is 15.0. The molecule has 144 valence electrons. The third-order valence-electron chi connectivity index (χ3n) is 4.45. The SMILES string of the molecule is Cc1cc2c(cc1S(=O)(=O)Nc1ncns1)oc(=O)n2[C@H](C)c1ccccc1. The van der Waals surface area contributed by atoms with E-state index in [1.54, 1.807) is 13.0 Å². The van der Waals surface area contributed by atoms with E-state index in [1.807, 2.05) is 37.3 Å². The summed E-state index contributed by atoms with van der Waals surface area (Å²) in [6.45, 7) is 3.56. The van der Waals surface area contributed by atoms with Gasteiger partial charge in [0, 0.05) is 17.6 Å². The van der Waals surface area contributed by atoms with Gasteiger partial charge in [0.2, 0.25) is 5.13 Å². The number of hydrogen-bond acceptors (Lipinski definition) is 7. The molecule has 0 spiro atoms. The number of fused-ring (bicyclic) bond motifs is 1. The number of hydrogen-bond donors (Lipinski definition) is 1. The van der Waals surface area contributed by atoms with E-state index in [9.17, 15) is 13.2 Å². The summed E-state index contributed by atoms with van der Waals surface area (Å²) in [5, 5.41) is 0.163. The van der Waals surface area contributed by atoms with Crippen molar-refractivity contribution in [3.05, 3.63) is 70.5 Å². The average Bonchev–Trinajstić information content (AvgIpc) is 3.27. The van der Waals surface area contributed by atoms with Gasteiger partial charge in [-0.3, -0.25) is 9.29 Å². The first-order chi connectivity index (χ1) is 13.4. The minimum atomic E-state index is -3.89. The summed E-state index contributed by atoms with van der Waals surface area (Å²) in [5.74, 6) is -0.544. The molecule has 10 heteroatoms. The lowest BCUT2D eigenvalue weighted by Gasteiger charge is -2.14. The largest absolute Gasteiger partial charge is 0.420 e. The zero-order valence-corrected chi connectivity index (χ0v) is 16.6. The van der Waals surface area contributed by atoms with Crippen LogP contribution in [0.15, 0.2) is 62.9 Å². The first-order valence-electron chi connectivity index (χ1n) is 8.37. The van der Waals surface area contributed by atoms with Gasteiger partial charge in [-0.15, -0.1) is 0 Å². The molecule has 2 heterocycles. The second kappa shape index (κ2) is 6.88. The summed E-state index contributed by atoms with van der Waals surface area (Å²) in [7, 11) is -3.89. The predicted molar refractivity (Wildman–Crippen MR) is 106 cm³/mol. The Morgan fingerprint density at radius 1 is 1.21 bits per heavy atom. The fraction of sp³-hybridized carbons (Fsp3) is 0.167. The van der Waals surface area contributed by atoms with Crippen LogP contribution >= 0.6 is 11.5 Å². The smallest absolute Gasteiger partial charge is 0.408 e. The number of anilines is 1. The molecule has 28 heavy (non-hydrogen) atoms. The van der Waals surface area contributed by atoms with Crippen LogP contribution in [0.1, 0.15) is 24.1 Å². The Labute approximate surface area is 164 Å². The van der Waals surface area contributed by atoms with Crippen molar-refractivity contribution in [2.75, 3.05) is 4.72 Å². The van der Waals surface area contributed by atoms with E-state index in [0.717, 1.165) is 17.1 Å². The summed E-state index contributed by atoms with van der Waals surface area (Å²) in [4.78, 5) is 16.3. The first kappa shape index (κ1) is 18.4. The van der Waals surface area contributed by atoms with Crippen LogP contribution in [-0.4, -0.2) is 22.3 Å². The maximum absolute atomic E-state index is 12.7. The number of nitrogens with zero attached hydrogens (tertiary/aromatic N) is 3. The molecule has 0 aliphatic heterocycles. The maximum Gasteiger partial charge on any atom is 0.420 e. The molecule has 1 atom stereocenters. The normalized spacial score (nSPS) is 12.9. The van der Waals surface area contributed by atoms with Crippen LogP contribution in [-0.2, 0) is 10.0 Å². The average molecular weight is 416 g/mol. The first-order valence-corrected chi connectivity index (χ1v) is 10.6. The molecule has 4 rings (SSSR count). The fourth-order valence-electron chi connectivity index (χ4n) is 3.09. The molecule has 1 N–H and O–H groups in total. The molecule has 0 radical (unpaired) electrons. The summed E-state index contributed by atoms with van der Waals surface area (Å²) in [6, 6.07) is 12.3. The Kier molecular flexibility index (Phi) is 4.52. The predicted octanol–water partition coefficient (Wildman–Crippen LogP) is 3.16. The summed E-state index contributed by atoms with van der Waals surface area (Å²) in [5.41, 5.74) is 2.17. The molecule has 2 aromatic carbocycles. The van der Waals surface area contributed by atoms with Crippen LogP contribution in [0.2, 0.25) is 0 Å². The van der Waals surface area contributed by atoms with Crippen molar-refractivity contribution in [3.63, 3.8) is 0 Å². The maximum atomic E-state index is 12.7. The Balaban J connectivity index is 1.82. The Morgan fingerprint density at radius 3 is 2.64 bits per heavy atom. The Morgan fingerprint density at radius 2 is 1.96 bits per heavy atom. The van der Waals surface area contributed by atoms with Gasteiger partial charge in [0.05, 0.1) is 16.5 Å². The molecular formula is C18H16N4O4S2. The van der Waals surface area contributed by atoms with Crippen molar-refractivity contribution in [3.8, 4) is 0 Å². The standard InChI is InChI=1S/C18H16N4O4S2/c1-11-8-14-15(9-16(11)28(24,25)21-17-19-10-20-27-17)26-18(23)22(14)12(2)13-6-4-3-5-7-13/h3-10,12H,1-2H3,(H,19,20,21)/t12-/m1/s1. The van der Waals surface area contributed by atoms with Crippen molar-refractivity contribution in [2.45, 2.75) is 24.8 Å². The van der Waals surface area contributed by atoms with E-state index in [-0.39, 0.29) is 21.7 Å². The molecule has 0 bridgehead atoms. The minimum Gasteiger partial charge on any atom is -0.408 e. The van der Waals surface area contributed by atoms with Crippen molar-refractivity contribution in [1.82, 2.24) is 13.9 Å². The van der Waals surface area contributed by atoms with Gasteiger partial charge in [-0.2, -0.15) is 4.37 Å². The van der Waals surface area contributed by atoms with Crippen LogP contribution in [0.4, 0.5) is 5.13 Å². The zero-order chi connectivity index (χ0) is 19.9. The Hall–Kier alpha value is -2.98. The van der Waals surface area contributed by atoms with Crippen molar-refractivity contribution < 1.29 is 12.8 Å². The fourth-order valence-corrected chi connectivity index (χ4v) is 4.99. The molecule has 0 aliphatic carbocycles. The van der Waals surface area contributed by atoms with Crippen LogP contribution in [0.25, 0.3) is 11.1 Å². The van der Waals surface area contributed by atoms with E-state index in [0.29, 0.717) is 11.1 Å². The molecule has 0 aliphatic rings. The van der Waals surface area contributed by atoms with Gasteiger partial charge < -0.3 is 4.42 Å². The third-order valence-corrected chi connectivity index (χ3v) is 6.64. The molecular weight excluding hydrogens is 400 g/mol. The van der Waals surface area contributed by atoms with Crippen LogP contribution < -0.4 is 10.5 Å². The molecule has 0 saturated carbocycles. The number of aromatic nitrogens is 3. The van der Waals surface area contributed by atoms with Crippen molar-refractivity contribution in [1.29, 1.82) is 0 Å². The van der Waals surface area contributed by atoms with Crippen LogP contribution in [0.3, 0.4) is 0 Å². The molecule has 0 unspecified atom stereocenters. The van der Waals surface area contributed by atoms with E-state index >= 15 is 0 Å². The van der Waals surface area contributed by atoms with Gasteiger partial charge in [-0.25, -0.2) is 18.2 Å². The quantitative estimate of drug-likeness (QED) is 0.535. The second-order valence-electron chi connectivity index (χ2n) is 6.26. The van der Waals surface area contributed by atoms with Crippen LogP contribution in [0, 0.1) is 6.92 Å². The lowest BCUT2D eigenvalue weighted by atomic mass is 10.1. The van der Waals surface area contributed by atoms with Gasteiger partial charge in [-0.05, 0) is 31.0 Å². The third kappa shape index (κ3) is 3.20. The lowest BCUT2D eigenvalue weighted by Crippen LogP contribution is -2.19. The van der Waals surface area contributed by atoms with Gasteiger partial charge in [0.25, 0.3) is 10.0 Å². The molecule has 4 aromatic rings. The highest BCUT2D eigenvalue weighted by molar-refractivity contribution is 7.93. The number of aryl methyl sites for hydroxylation is 1. The van der Waals surface area contributed by atoms with E-state index in [1.165, 1.54) is 17.0 Å². The minimum absolute atomic E-state index is 0.0171. The lowest BCUT2D eigenvalue weighted by molar-refractivity contribution is 0.489. The van der Waals surface area contributed by atoms with Gasteiger partial charge in [0.1, 0.15) is 6.33 Å². The van der Waals surface area contributed by atoms with Gasteiger partial charge in [0.15, 0.2) is 5.58 Å². The second-order valence-corrected chi connectivity index (χ2v) is 8.69. The summed E-state index contributed by atoms with van der Waals surface area (Å²) < 4.78 is 38.5. The van der Waals surface area contributed by atoms with E-state index in [4.69, 9.17) is 4.42 Å². The molecule has 8 nitrogen and oxygen atoms in total. The highest BCUT2D eigenvalue weighted by atomic mass is 32.2. The van der Waals surface area contributed by atoms with E-state index in [2.05, 4.69) is 14.1 Å². The van der Waals surface area contributed by atoms with E-state index < -0.39 is 15.8 Å². The molecule has 0 saturated heterocycles. The van der Waals surface area contributed by atoms with Crippen molar-refractivity contribution >= 4 is 37.8 Å². The molecule has 0 amide bonds. The number of oxazole rings is 1. The topological polar surface area (TPSA) is 107 Å². The molecule has 2 aromatic heterocycles. The number of sulfonamides is 1. The van der Waals surface area contributed by atoms with Gasteiger partial charge in [-0.1, -0.05) is 30.3 Å². The summed E-state index contributed by atoms with van der Waals surface area (Å²) in [6.07, 6.45) is 1.27. The monoisotopic (exact) mass is 416 g/mol. The van der Waals surface area contributed by atoms with Crippen LogP contribution in [0.5, 0.6) is 0 Å². The number of benzene rings is 2. The van der Waals surface area contributed by atoms with Gasteiger partial charge >= 0.3 is 5.76 Å². The number of rotatable bonds is 5. The number of nitrogens with one attached hydrogen (secondary N) is 1. The highest BCUT2D eigenvalue weighted by Crippen LogP contribution is 2.28. The van der Waals surface area contributed by atoms with Crippen molar-refractivity contribution in [2.24, 2.45) is 0 Å². The highest BCUT2D eigenvalue weighted by Gasteiger charge is 2.23. The Bertz CT molecular complexity index is 1290.